The summed E-state index contributed by atoms with van der Waals surface area (Å²) in [6.45, 7) is 4.69. The summed E-state index contributed by atoms with van der Waals surface area (Å²) in [4.78, 5) is 38.5. The van der Waals surface area contributed by atoms with Crippen molar-refractivity contribution in [3.8, 4) is 0 Å². The summed E-state index contributed by atoms with van der Waals surface area (Å²) in [6.07, 6.45) is 7.37. The molecule has 3 aliphatic rings. The average Bonchev–Trinajstić information content (AvgIpc) is 2.82. The highest BCUT2D eigenvalue weighted by atomic mass is 16.2. The molecule has 0 radical (unpaired) electrons. The summed E-state index contributed by atoms with van der Waals surface area (Å²) < 4.78 is 0. The third-order valence-corrected chi connectivity index (χ3v) is 6.55. The van der Waals surface area contributed by atoms with Crippen molar-refractivity contribution < 1.29 is 14.4 Å². The smallest absolute Gasteiger partial charge is 0.233 e. The summed E-state index contributed by atoms with van der Waals surface area (Å²) in [5.74, 6) is 0.766. The Morgan fingerprint density at radius 2 is 1.62 bits per heavy atom. The minimum absolute atomic E-state index is 0.0311. The van der Waals surface area contributed by atoms with Crippen LogP contribution in [0.3, 0.4) is 0 Å². The zero-order chi connectivity index (χ0) is 17.3. The van der Waals surface area contributed by atoms with Crippen LogP contribution in [0.4, 0.5) is 0 Å². The van der Waals surface area contributed by atoms with E-state index in [9.17, 15) is 14.4 Å². The zero-order valence-electron chi connectivity index (χ0n) is 14.9. The van der Waals surface area contributed by atoms with E-state index < -0.39 is 0 Å². The van der Waals surface area contributed by atoms with Crippen LogP contribution >= 0.6 is 0 Å². The molecular formula is C19H30N2O3. The molecule has 0 aromatic carbocycles. The van der Waals surface area contributed by atoms with Crippen LogP contribution in [0, 0.1) is 23.7 Å². The number of carbonyl (C=O) groups is 3. The third-order valence-electron chi connectivity index (χ3n) is 6.55. The first-order chi connectivity index (χ1) is 11.5. The minimum atomic E-state index is -0.117. The van der Waals surface area contributed by atoms with Gasteiger partial charge in [-0.15, -0.1) is 0 Å². The zero-order valence-corrected chi connectivity index (χ0v) is 14.9. The van der Waals surface area contributed by atoms with Gasteiger partial charge in [0, 0.05) is 19.0 Å². The number of nitrogens with one attached hydrogen (secondary N) is 1. The Morgan fingerprint density at radius 3 is 2.25 bits per heavy atom. The molecule has 0 unspecified atom stereocenters. The Balaban J connectivity index is 1.51. The molecule has 0 spiro atoms. The number of hydrogen-bond donors (Lipinski definition) is 1. The lowest BCUT2D eigenvalue weighted by atomic mass is 9.78. The second kappa shape index (κ2) is 7.24. The molecule has 0 aromatic rings. The van der Waals surface area contributed by atoms with Crippen LogP contribution < -0.4 is 5.32 Å². The molecule has 2 aliphatic carbocycles. The largest absolute Gasteiger partial charge is 0.353 e. The number of imide groups is 1. The number of likely N-dealkylation sites (tertiary alicyclic amines) is 1. The van der Waals surface area contributed by atoms with Crippen LogP contribution in [0.1, 0.15) is 65.2 Å². The second-order valence-electron chi connectivity index (χ2n) is 8.02. The minimum Gasteiger partial charge on any atom is -0.353 e. The molecule has 1 saturated heterocycles. The van der Waals surface area contributed by atoms with Gasteiger partial charge in [0.2, 0.25) is 17.7 Å². The monoisotopic (exact) mass is 334 g/mol. The van der Waals surface area contributed by atoms with Gasteiger partial charge in [-0.2, -0.15) is 0 Å². The van der Waals surface area contributed by atoms with E-state index >= 15 is 0 Å². The van der Waals surface area contributed by atoms with E-state index in [1.165, 1.54) is 11.3 Å². The number of nitrogens with zero attached hydrogens (tertiary/aromatic N) is 1. The van der Waals surface area contributed by atoms with Gasteiger partial charge in [-0.3, -0.25) is 19.3 Å². The van der Waals surface area contributed by atoms with Crippen LogP contribution in [0.15, 0.2) is 0 Å². The molecule has 2 saturated carbocycles. The molecule has 3 amide bonds. The lowest BCUT2D eigenvalue weighted by Crippen LogP contribution is -2.45. The van der Waals surface area contributed by atoms with E-state index in [0.29, 0.717) is 11.8 Å². The van der Waals surface area contributed by atoms with Crippen LogP contribution in [0.5, 0.6) is 0 Å². The molecule has 5 atom stereocenters. The molecule has 1 N–H and O–H groups in total. The highest BCUT2D eigenvalue weighted by Crippen LogP contribution is 2.38. The van der Waals surface area contributed by atoms with Crippen LogP contribution in [0.25, 0.3) is 0 Å². The third kappa shape index (κ3) is 3.35. The first-order valence-electron chi connectivity index (χ1n) is 9.63. The van der Waals surface area contributed by atoms with E-state index in [2.05, 4.69) is 19.2 Å². The average molecular weight is 334 g/mol. The van der Waals surface area contributed by atoms with E-state index in [1.807, 2.05) is 0 Å². The second-order valence-corrected chi connectivity index (χ2v) is 8.02. The van der Waals surface area contributed by atoms with Crippen molar-refractivity contribution in [2.24, 2.45) is 23.7 Å². The highest BCUT2D eigenvalue weighted by molar-refractivity contribution is 6.05. The maximum atomic E-state index is 12.4. The van der Waals surface area contributed by atoms with Gasteiger partial charge < -0.3 is 5.32 Å². The SMILES string of the molecule is C[C@H]1[C@@H](NC(=O)CCN2C(=O)[C@H]3CCCC[C@H]3C2=O)CCC[C@@H]1C. The van der Waals surface area contributed by atoms with E-state index in [-0.39, 0.29) is 48.6 Å². The fraction of sp³-hybridized carbons (Fsp3) is 0.842. The number of carbonyl (C=O) groups excluding carboxylic acids is 3. The quantitative estimate of drug-likeness (QED) is 0.803. The van der Waals surface area contributed by atoms with E-state index in [0.717, 1.165) is 38.5 Å². The van der Waals surface area contributed by atoms with Crippen LogP contribution in [-0.4, -0.2) is 35.2 Å². The molecule has 5 nitrogen and oxygen atoms in total. The van der Waals surface area contributed by atoms with Gasteiger partial charge in [0.25, 0.3) is 0 Å². The van der Waals surface area contributed by atoms with Gasteiger partial charge in [0.1, 0.15) is 0 Å². The Bertz CT molecular complexity index is 495. The molecule has 3 rings (SSSR count). The van der Waals surface area contributed by atoms with E-state index in [4.69, 9.17) is 0 Å². The molecule has 1 heterocycles. The summed E-state index contributed by atoms with van der Waals surface area (Å²) in [5, 5.41) is 3.13. The van der Waals surface area contributed by atoms with Gasteiger partial charge >= 0.3 is 0 Å². The molecule has 0 bridgehead atoms. The van der Waals surface area contributed by atoms with Crippen molar-refractivity contribution in [3.63, 3.8) is 0 Å². The number of hydrogen-bond acceptors (Lipinski definition) is 3. The summed E-state index contributed by atoms with van der Waals surface area (Å²) in [7, 11) is 0. The van der Waals surface area contributed by atoms with Gasteiger partial charge in [-0.05, 0) is 31.1 Å². The molecule has 0 aromatic heterocycles. The summed E-state index contributed by atoms with van der Waals surface area (Å²) >= 11 is 0. The van der Waals surface area contributed by atoms with Crippen molar-refractivity contribution >= 4 is 17.7 Å². The fourth-order valence-corrected chi connectivity index (χ4v) is 4.73. The van der Waals surface area contributed by atoms with Crippen molar-refractivity contribution in [1.29, 1.82) is 0 Å². The van der Waals surface area contributed by atoms with Gasteiger partial charge in [0.05, 0.1) is 11.8 Å². The Morgan fingerprint density at radius 1 is 1.00 bits per heavy atom. The molecular weight excluding hydrogens is 304 g/mol. The predicted molar refractivity (Wildman–Crippen MR) is 90.9 cm³/mol. The maximum absolute atomic E-state index is 12.4. The number of rotatable bonds is 4. The Hall–Kier alpha value is -1.39. The van der Waals surface area contributed by atoms with Crippen LogP contribution in [-0.2, 0) is 14.4 Å². The van der Waals surface area contributed by atoms with Gasteiger partial charge in [-0.25, -0.2) is 0 Å². The summed E-state index contributed by atoms with van der Waals surface area (Å²) in [6, 6.07) is 0.230. The summed E-state index contributed by atoms with van der Waals surface area (Å²) in [5.41, 5.74) is 0. The Labute approximate surface area is 144 Å². The number of amides is 3. The molecule has 1 aliphatic heterocycles. The standard InChI is InChI=1S/C19H30N2O3/c1-12-6-5-9-16(13(12)2)20-17(22)10-11-21-18(23)14-7-3-4-8-15(14)19(21)24/h12-16H,3-11H2,1-2H3,(H,20,22)/t12-,13+,14-,15+,16-/m0/s1. The van der Waals surface area contributed by atoms with Gasteiger partial charge in [-0.1, -0.05) is 39.5 Å². The van der Waals surface area contributed by atoms with Crippen molar-refractivity contribution in [2.75, 3.05) is 6.54 Å². The van der Waals surface area contributed by atoms with Crippen molar-refractivity contribution in [1.82, 2.24) is 10.2 Å². The Kier molecular flexibility index (Phi) is 5.26. The van der Waals surface area contributed by atoms with Crippen LogP contribution in [0.2, 0.25) is 0 Å². The lowest BCUT2D eigenvalue weighted by molar-refractivity contribution is -0.140. The molecule has 5 heteroatoms. The topological polar surface area (TPSA) is 66.5 Å². The highest BCUT2D eigenvalue weighted by Gasteiger charge is 2.47. The molecule has 24 heavy (non-hydrogen) atoms. The fourth-order valence-electron chi connectivity index (χ4n) is 4.73. The normalized spacial score (nSPS) is 36.6. The first-order valence-corrected chi connectivity index (χ1v) is 9.63. The first kappa shape index (κ1) is 17.4. The van der Waals surface area contributed by atoms with Crippen molar-refractivity contribution in [2.45, 2.75) is 71.3 Å². The van der Waals surface area contributed by atoms with Gasteiger partial charge in [0.15, 0.2) is 0 Å². The van der Waals surface area contributed by atoms with Crippen molar-refractivity contribution in [3.05, 3.63) is 0 Å². The number of fused-ring (bicyclic) bond motifs is 1. The predicted octanol–water partition coefficient (Wildman–Crippen LogP) is 2.49. The lowest BCUT2D eigenvalue weighted by Gasteiger charge is -2.34. The van der Waals surface area contributed by atoms with E-state index in [1.54, 1.807) is 0 Å². The molecule has 3 fully saturated rings. The maximum Gasteiger partial charge on any atom is 0.233 e. The molecule has 134 valence electrons.